The maximum Gasteiger partial charge on any atom is 0.343 e. The van der Waals surface area contributed by atoms with Crippen molar-refractivity contribution in [1.82, 2.24) is 8.97 Å². The summed E-state index contributed by atoms with van der Waals surface area (Å²) in [4.78, 5) is 36.1. The Morgan fingerprint density at radius 2 is 1.20 bits per heavy atom. The number of nitro groups is 1. The third kappa shape index (κ3) is 6.06. The third-order valence-corrected chi connectivity index (χ3v) is 8.91. The van der Waals surface area contributed by atoms with Gasteiger partial charge in [-0.05, 0) is 41.0 Å². The van der Waals surface area contributed by atoms with Gasteiger partial charge in [-0.3, -0.25) is 14.9 Å². The number of carboxylic acids is 1. The maximum atomic E-state index is 13.7. The lowest BCUT2D eigenvalue weighted by Gasteiger charge is -2.10. The SMILES string of the molecule is Cn1c(-c2ccccc2)c(C(=O)c2cccc([N+](=O)[O-])c2C(=O)O)c2ccccc21.c1ccc(-c2cn3ccccc3c2-c2ccccc2)cc1. The van der Waals surface area contributed by atoms with Crippen molar-refractivity contribution in [3.05, 3.63) is 191 Å². The molecule has 0 aliphatic heterocycles. The number of carbonyl (C=O) groups is 2. The topological polar surface area (TPSA) is 107 Å². The molecular weight excluding hydrogens is 638 g/mol. The van der Waals surface area contributed by atoms with E-state index in [1.807, 2.05) is 54.1 Å². The van der Waals surface area contributed by atoms with E-state index in [0.29, 0.717) is 16.6 Å². The molecule has 0 amide bonds. The van der Waals surface area contributed by atoms with Crippen LogP contribution in [0.2, 0.25) is 0 Å². The lowest BCUT2D eigenvalue weighted by Crippen LogP contribution is -2.13. The van der Waals surface area contributed by atoms with Gasteiger partial charge in [-0.1, -0.05) is 121 Å². The fourth-order valence-corrected chi connectivity index (χ4v) is 6.66. The minimum atomic E-state index is -1.52. The second kappa shape index (κ2) is 13.8. The number of aryl methyl sites for hydroxylation is 1. The van der Waals surface area contributed by atoms with E-state index in [1.54, 1.807) is 12.1 Å². The highest BCUT2D eigenvalue weighted by molar-refractivity contribution is 6.23. The van der Waals surface area contributed by atoms with Crippen LogP contribution in [0.15, 0.2) is 164 Å². The first-order valence-electron chi connectivity index (χ1n) is 16.2. The number of rotatable bonds is 7. The van der Waals surface area contributed by atoms with Crippen LogP contribution in [0.1, 0.15) is 26.3 Å². The lowest BCUT2D eigenvalue weighted by molar-refractivity contribution is -0.385. The van der Waals surface area contributed by atoms with Gasteiger partial charge in [-0.25, -0.2) is 4.79 Å². The Balaban J connectivity index is 0.000000169. The summed E-state index contributed by atoms with van der Waals surface area (Å²) in [5.41, 5.74) is 7.36. The highest BCUT2D eigenvalue weighted by Gasteiger charge is 2.31. The van der Waals surface area contributed by atoms with Crippen molar-refractivity contribution in [3.8, 4) is 33.5 Å². The molecule has 1 N–H and O–H groups in total. The summed E-state index contributed by atoms with van der Waals surface area (Å²) in [6.07, 6.45) is 4.32. The van der Waals surface area contributed by atoms with Gasteiger partial charge in [0.15, 0.2) is 5.78 Å². The number of ketones is 1. The third-order valence-electron chi connectivity index (χ3n) is 8.91. The van der Waals surface area contributed by atoms with Crippen LogP contribution in [0.3, 0.4) is 0 Å². The Labute approximate surface area is 293 Å². The van der Waals surface area contributed by atoms with E-state index in [4.69, 9.17) is 0 Å². The number of pyridine rings is 1. The molecule has 3 heterocycles. The summed E-state index contributed by atoms with van der Waals surface area (Å²) in [5.74, 6) is -2.10. The zero-order chi connectivity index (χ0) is 35.5. The number of benzene rings is 5. The van der Waals surface area contributed by atoms with Crippen molar-refractivity contribution in [2.45, 2.75) is 0 Å². The van der Waals surface area contributed by atoms with E-state index < -0.39 is 27.9 Å². The number of carbonyl (C=O) groups excluding carboxylic acids is 1. The van der Waals surface area contributed by atoms with Crippen molar-refractivity contribution < 1.29 is 19.6 Å². The zero-order valence-corrected chi connectivity index (χ0v) is 27.5. The second-order valence-corrected chi connectivity index (χ2v) is 11.9. The molecule has 3 aromatic heterocycles. The van der Waals surface area contributed by atoms with Crippen molar-refractivity contribution in [2.75, 3.05) is 0 Å². The number of para-hydroxylation sites is 1. The maximum absolute atomic E-state index is 13.7. The summed E-state index contributed by atoms with van der Waals surface area (Å²) < 4.78 is 4.07. The molecule has 8 rings (SSSR count). The van der Waals surface area contributed by atoms with Gasteiger partial charge >= 0.3 is 5.97 Å². The molecule has 8 aromatic rings. The van der Waals surface area contributed by atoms with Gasteiger partial charge in [0.2, 0.25) is 0 Å². The summed E-state index contributed by atoms with van der Waals surface area (Å²) >= 11 is 0. The predicted octanol–water partition coefficient (Wildman–Crippen LogP) is 9.96. The van der Waals surface area contributed by atoms with E-state index in [9.17, 15) is 24.8 Å². The number of hydrogen-bond donors (Lipinski definition) is 1. The molecule has 0 saturated carbocycles. The van der Waals surface area contributed by atoms with Crippen LogP contribution in [0, 0.1) is 10.1 Å². The van der Waals surface area contributed by atoms with E-state index in [0.717, 1.165) is 17.1 Å². The molecule has 0 saturated heterocycles. The average molecular weight is 670 g/mol. The van der Waals surface area contributed by atoms with Gasteiger partial charge in [-0.15, -0.1) is 0 Å². The van der Waals surface area contributed by atoms with E-state index in [2.05, 4.69) is 95.7 Å². The van der Waals surface area contributed by atoms with Crippen molar-refractivity contribution >= 4 is 33.9 Å². The molecule has 0 aliphatic rings. The number of hydrogen-bond acceptors (Lipinski definition) is 4. The molecule has 0 spiro atoms. The Hall–Kier alpha value is -7.06. The molecule has 248 valence electrons. The summed E-state index contributed by atoms with van der Waals surface area (Å²) in [6.45, 7) is 0. The monoisotopic (exact) mass is 669 g/mol. The van der Waals surface area contributed by atoms with Crippen LogP contribution < -0.4 is 0 Å². The molecule has 5 aromatic carbocycles. The van der Waals surface area contributed by atoms with Crippen molar-refractivity contribution in [2.24, 2.45) is 7.05 Å². The summed E-state index contributed by atoms with van der Waals surface area (Å²) in [7, 11) is 1.83. The Morgan fingerprint density at radius 1 is 0.627 bits per heavy atom. The van der Waals surface area contributed by atoms with Gasteiger partial charge < -0.3 is 14.1 Å². The van der Waals surface area contributed by atoms with Gasteiger partial charge in [0.25, 0.3) is 5.69 Å². The van der Waals surface area contributed by atoms with Crippen LogP contribution in [0.25, 0.3) is 49.9 Å². The number of aromatic carboxylic acids is 1. The number of nitro benzene ring substituents is 1. The van der Waals surface area contributed by atoms with E-state index in [1.165, 1.54) is 39.9 Å². The fourth-order valence-electron chi connectivity index (χ4n) is 6.66. The predicted molar refractivity (Wildman–Crippen MR) is 200 cm³/mol. The quantitative estimate of drug-likeness (QED) is 0.103. The van der Waals surface area contributed by atoms with Gasteiger partial charge in [0.1, 0.15) is 5.56 Å². The number of aromatic nitrogens is 2. The molecule has 51 heavy (non-hydrogen) atoms. The first kappa shape index (κ1) is 32.5. The molecular formula is C43H31N3O5. The van der Waals surface area contributed by atoms with Crippen LogP contribution in [0.5, 0.6) is 0 Å². The van der Waals surface area contributed by atoms with E-state index >= 15 is 0 Å². The smallest absolute Gasteiger partial charge is 0.343 e. The molecule has 0 fully saturated rings. The zero-order valence-electron chi connectivity index (χ0n) is 27.5. The normalized spacial score (nSPS) is 10.8. The number of carboxylic acid groups (broad SMARTS) is 1. The largest absolute Gasteiger partial charge is 0.477 e. The van der Waals surface area contributed by atoms with Crippen molar-refractivity contribution in [1.29, 1.82) is 0 Å². The molecule has 0 radical (unpaired) electrons. The first-order chi connectivity index (χ1) is 24.8. The van der Waals surface area contributed by atoms with Crippen LogP contribution in [-0.4, -0.2) is 30.8 Å². The Morgan fingerprint density at radius 3 is 1.84 bits per heavy atom. The molecule has 0 unspecified atom stereocenters. The molecule has 0 bridgehead atoms. The molecule has 0 aliphatic carbocycles. The minimum Gasteiger partial charge on any atom is -0.477 e. The second-order valence-electron chi connectivity index (χ2n) is 11.9. The molecule has 8 heteroatoms. The highest BCUT2D eigenvalue weighted by Crippen LogP contribution is 2.38. The standard InChI is InChI=1S/C23H16N2O5.C20H15N/c1-24-17-12-6-5-10-15(17)20(21(24)14-8-3-2-4-9-14)22(26)16-11-7-13-18(25(29)30)19(16)23(27)28;1-3-9-16(10-4-1)18-15-21-14-8-7-13-19(21)20(18)17-11-5-2-6-12-17/h2-13H,1H3,(H,27,28);1-15H. The Kier molecular flexibility index (Phi) is 8.80. The van der Waals surface area contributed by atoms with Crippen LogP contribution in [-0.2, 0) is 7.05 Å². The van der Waals surface area contributed by atoms with Crippen LogP contribution in [0.4, 0.5) is 5.69 Å². The molecule has 0 atom stereocenters. The van der Waals surface area contributed by atoms with Gasteiger partial charge in [0, 0.05) is 53.1 Å². The highest BCUT2D eigenvalue weighted by atomic mass is 16.6. The number of fused-ring (bicyclic) bond motifs is 2. The Bertz CT molecular complexity index is 2550. The first-order valence-corrected chi connectivity index (χ1v) is 16.2. The van der Waals surface area contributed by atoms with Gasteiger partial charge in [-0.2, -0.15) is 0 Å². The summed E-state index contributed by atoms with van der Waals surface area (Å²) in [6, 6.07) is 47.8. The summed E-state index contributed by atoms with van der Waals surface area (Å²) in [5, 5.41) is 21.6. The fraction of sp³-hybridized carbons (Fsp3) is 0.0233. The van der Waals surface area contributed by atoms with Crippen LogP contribution >= 0.6 is 0 Å². The number of nitrogens with zero attached hydrogens (tertiary/aromatic N) is 3. The minimum absolute atomic E-state index is 0.217. The van der Waals surface area contributed by atoms with E-state index in [-0.39, 0.29) is 5.56 Å². The van der Waals surface area contributed by atoms with Gasteiger partial charge in [0.05, 0.1) is 21.7 Å². The lowest BCUT2D eigenvalue weighted by atomic mass is 9.93. The average Bonchev–Trinajstić information content (AvgIpc) is 3.71. The van der Waals surface area contributed by atoms with Crippen molar-refractivity contribution in [3.63, 3.8) is 0 Å². The molecule has 8 nitrogen and oxygen atoms in total.